The van der Waals surface area contributed by atoms with Gasteiger partial charge in [-0.1, -0.05) is 36.4 Å². The minimum atomic E-state index is -4.80. The number of carbonyl (C=O) groups is 1. The van der Waals surface area contributed by atoms with Gasteiger partial charge in [0.2, 0.25) is 0 Å². The van der Waals surface area contributed by atoms with E-state index in [4.69, 9.17) is 0 Å². The monoisotopic (exact) mass is 361 g/mol. The first kappa shape index (κ1) is 17.5. The minimum Gasteiger partial charge on any atom is -0.405 e. The van der Waals surface area contributed by atoms with Crippen LogP contribution >= 0.6 is 0 Å². The van der Waals surface area contributed by atoms with E-state index in [-0.39, 0.29) is 23.6 Å². The highest BCUT2D eigenvalue weighted by atomic mass is 19.4. The summed E-state index contributed by atoms with van der Waals surface area (Å²) < 4.78 is 43.0. The lowest BCUT2D eigenvalue weighted by molar-refractivity contribution is -0.274. The zero-order chi connectivity index (χ0) is 18.6. The highest BCUT2D eigenvalue weighted by Crippen LogP contribution is 2.26. The standard InChI is InChI=1S/C18H14F3N3O2/c19-18(20,21)26-16-9-5-4-6-13(16)10-23-17(25)15-11-22-12-24(15)14-7-2-1-3-8-14/h1-9,11-12H,10H2,(H,23,25). The number of carbonyl (C=O) groups excluding carboxylic acids is 1. The molecule has 0 saturated heterocycles. The Bertz CT molecular complexity index is 892. The van der Waals surface area contributed by atoms with Gasteiger partial charge >= 0.3 is 6.36 Å². The number of nitrogens with zero attached hydrogens (tertiary/aromatic N) is 2. The zero-order valence-corrected chi connectivity index (χ0v) is 13.4. The largest absolute Gasteiger partial charge is 0.573 e. The van der Waals surface area contributed by atoms with Crippen LogP contribution in [0.25, 0.3) is 5.69 Å². The van der Waals surface area contributed by atoms with Gasteiger partial charge in [-0.15, -0.1) is 13.2 Å². The number of halogens is 3. The third-order valence-corrected chi connectivity index (χ3v) is 3.54. The molecule has 0 spiro atoms. The van der Waals surface area contributed by atoms with Crippen molar-refractivity contribution in [1.82, 2.24) is 14.9 Å². The lowest BCUT2D eigenvalue weighted by Crippen LogP contribution is -2.26. The molecule has 0 atom stereocenters. The maximum atomic E-state index is 12.5. The van der Waals surface area contributed by atoms with E-state index in [9.17, 15) is 18.0 Å². The third-order valence-electron chi connectivity index (χ3n) is 3.54. The van der Waals surface area contributed by atoms with Crippen molar-refractivity contribution in [3.63, 3.8) is 0 Å². The lowest BCUT2D eigenvalue weighted by atomic mass is 10.2. The number of aromatic nitrogens is 2. The lowest BCUT2D eigenvalue weighted by Gasteiger charge is -2.14. The molecular weight excluding hydrogens is 347 g/mol. The fraction of sp³-hybridized carbons (Fsp3) is 0.111. The second-order valence-corrected chi connectivity index (χ2v) is 5.32. The molecule has 0 aliphatic rings. The summed E-state index contributed by atoms with van der Waals surface area (Å²) in [6.45, 7) is -0.120. The third kappa shape index (κ3) is 4.21. The first-order valence-corrected chi connectivity index (χ1v) is 7.63. The summed E-state index contributed by atoms with van der Waals surface area (Å²) >= 11 is 0. The van der Waals surface area contributed by atoms with Crippen LogP contribution in [-0.4, -0.2) is 21.8 Å². The number of amides is 1. The van der Waals surface area contributed by atoms with Crippen LogP contribution in [0.1, 0.15) is 16.1 Å². The second kappa shape index (κ2) is 7.30. The van der Waals surface area contributed by atoms with Crippen molar-refractivity contribution in [2.24, 2.45) is 0 Å². The predicted molar refractivity (Wildman–Crippen MR) is 87.9 cm³/mol. The van der Waals surface area contributed by atoms with Gasteiger partial charge in [-0.2, -0.15) is 0 Å². The summed E-state index contributed by atoms with van der Waals surface area (Å²) in [7, 11) is 0. The van der Waals surface area contributed by atoms with Gasteiger partial charge in [0.15, 0.2) is 0 Å². The number of alkyl halides is 3. The average molecular weight is 361 g/mol. The number of nitrogens with one attached hydrogen (secondary N) is 1. The molecular formula is C18H14F3N3O2. The Morgan fingerprint density at radius 3 is 2.50 bits per heavy atom. The second-order valence-electron chi connectivity index (χ2n) is 5.32. The molecule has 2 aromatic carbocycles. The Balaban J connectivity index is 1.74. The Kier molecular flexibility index (Phi) is 4.92. The summed E-state index contributed by atoms with van der Waals surface area (Å²) in [4.78, 5) is 16.4. The Hall–Kier alpha value is -3.29. The Morgan fingerprint density at radius 2 is 1.77 bits per heavy atom. The summed E-state index contributed by atoms with van der Waals surface area (Å²) in [6.07, 6.45) is -1.92. The van der Waals surface area contributed by atoms with Gasteiger partial charge < -0.3 is 10.1 Å². The highest BCUT2D eigenvalue weighted by Gasteiger charge is 2.32. The number of rotatable bonds is 5. The van der Waals surface area contributed by atoms with Crippen molar-refractivity contribution >= 4 is 5.91 Å². The maximum Gasteiger partial charge on any atom is 0.573 e. The smallest absolute Gasteiger partial charge is 0.405 e. The molecule has 0 radical (unpaired) electrons. The molecule has 1 N–H and O–H groups in total. The molecule has 0 unspecified atom stereocenters. The van der Waals surface area contributed by atoms with Crippen LogP contribution in [0.5, 0.6) is 5.75 Å². The molecule has 1 heterocycles. The van der Waals surface area contributed by atoms with Gasteiger partial charge in [0, 0.05) is 17.8 Å². The topological polar surface area (TPSA) is 56.1 Å². The van der Waals surface area contributed by atoms with E-state index in [0.717, 1.165) is 5.69 Å². The first-order chi connectivity index (χ1) is 12.4. The van der Waals surface area contributed by atoms with Gasteiger partial charge in [-0.05, 0) is 18.2 Å². The molecule has 134 valence electrons. The summed E-state index contributed by atoms with van der Waals surface area (Å²) in [5, 5.41) is 2.59. The average Bonchev–Trinajstić information content (AvgIpc) is 3.10. The molecule has 5 nitrogen and oxygen atoms in total. The minimum absolute atomic E-state index is 0.120. The van der Waals surface area contributed by atoms with E-state index in [1.165, 1.54) is 30.7 Å². The van der Waals surface area contributed by atoms with Gasteiger partial charge in [-0.25, -0.2) is 4.98 Å². The zero-order valence-electron chi connectivity index (χ0n) is 13.4. The maximum absolute atomic E-state index is 12.5. The van der Waals surface area contributed by atoms with Crippen molar-refractivity contribution in [2.45, 2.75) is 12.9 Å². The molecule has 3 aromatic rings. The number of hydrogen-bond donors (Lipinski definition) is 1. The number of ether oxygens (including phenoxy) is 1. The van der Waals surface area contributed by atoms with Crippen LogP contribution in [0.3, 0.4) is 0 Å². The van der Waals surface area contributed by atoms with E-state index in [0.29, 0.717) is 0 Å². The van der Waals surface area contributed by atoms with Crippen LogP contribution in [0.2, 0.25) is 0 Å². The highest BCUT2D eigenvalue weighted by molar-refractivity contribution is 5.93. The van der Waals surface area contributed by atoms with E-state index in [1.807, 2.05) is 30.3 Å². The molecule has 3 rings (SSSR count). The van der Waals surface area contributed by atoms with Crippen LogP contribution in [-0.2, 0) is 6.54 Å². The van der Waals surface area contributed by atoms with E-state index >= 15 is 0 Å². The van der Waals surface area contributed by atoms with Crippen molar-refractivity contribution < 1.29 is 22.7 Å². The Labute approximate surface area is 147 Å². The van der Waals surface area contributed by atoms with Crippen LogP contribution in [0.4, 0.5) is 13.2 Å². The summed E-state index contributed by atoms with van der Waals surface area (Å²) in [6, 6.07) is 14.8. The predicted octanol–water partition coefficient (Wildman–Crippen LogP) is 3.70. The molecule has 0 saturated carbocycles. The fourth-order valence-corrected chi connectivity index (χ4v) is 2.40. The number of benzene rings is 2. The number of hydrogen-bond acceptors (Lipinski definition) is 3. The van der Waals surface area contributed by atoms with E-state index in [2.05, 4.69) is 15.0 Å². The fourth-order valence-electron chi connectivity index (χ4n) is 2.40. The van der Waals surface area contributed by atoms with Gasteiger partial charge in [0.1, 0.15) is 11.4 Å². The first-order valence-electron chi connectivity index (χ1n) is 7.63. The van der Waals surface area contributed by atoms with Gasteiger partial charge in [-0.3, -0.25) is 9.36 Å². The summed E-state index contributed by atoms with van der Waals surface area (Å²) in [5.74, 6) is -0.815. The normalized spacial score (nSPS) is 11.2. The summed E-state index contributed by atoms with van der Waals surface area (Å²) in [5.41, 5.74) is 1.23. The van der Waals surface area contributed by atoms with Crippen LogP contribution in [0, 0.1) is 0 Å². The molecule has 26 heavy (non-hydrogen) atoms. The number of imidazole rings is 1. The van der Waals surface area contributed by atoms with Crippen molar-refractivity contribution in [3.8, 4) is 11.4 Å². The van der Waals surface area contributed by atoms with Crippen LogP contribution < -0.4 is 10.1 Å². The molecule has 8 heteroatoms. The molecule has 0 fully saturated rings. The quantitative estimate of drug-likeness (QED) is 0.754. The molecule has 0 aliphatic carbocycles. The van der Waals surface area contributed by atoms with Gasteiger partial charge in [0.05, 0.1) is 12.5 Å². The molecule has 0 aliphatic heterocycles. The molecule has 0 bridgehead atoms. The van der Waals surface area contributed by atoms with Crippen molar-refractivity contribution in [3.05, 3.63) is 78.4 Å². The molecule has 1 aromatic heterocycles. The van der Waals surface area contributed by atoms with Crippen LogP contribution in [0.15, 0.2) is 67.1 Å². The van der Waals surface area contributed by atoms with Gasteiger partial charge in [0.25, 0.3) is 5.91 Å². The van der Waals surface area contributed by atoms with Crippen molar-refractivity contribution in [2.75, 3.05) is 0 Å². The number of para-hydroxylation sites is 2. The Morgan fingerprint density at radius 1 is 1.08 bits per heavy atom. The van der Waals surface area contributed by atoms with E-state index in [1.54, 1.807) is 10.6 Å². The van der Waals surface area contributed by atoms with E-state index < -0.39 is 12.3 Å². The van der Waals surface area contributed by atoms with Crippen molar-refractivity contribution in [1.29, 1.82) is 0 Å². The molecule has 1 amide bonds. The SMILES string of the molecule is O=C(NCc1ccccc1OC(F)(F)F)c1cncn1-c1ccccc1.